The predicted molar refractivity (Wildman–Crippen MR) is 78.9 cm³/mol. The summed E-state index contributed by atoms with van der Waals surface area (Å²) in [6.07, 6.45) is 3.29. The highest BCUT2D eigenvalue weighted by atomic mass is 15.2. The zero-order valence-electron chi connectivity index (χ0n) is 12.8. The minimum absolute atomic E-state index is 0.695. The summed E-state index contributed by atoms with van der Waals surface area (Å²) in [5, 5.41) is 3.42. The minimum Gasteiger partial charge on any atom is -0.356 e. The number of nitrogens with zero attached hydrogens (tertiary/aromatic N) is 2. The second kappa shape index (κ2) is 6.81. The van der Waals surface area contributed by atoms with Crippen molar-refractivity contribution in [2.45, 2.75) is 54.5 Å². The normalized spacial score (nSPS) is 11.8. The molecule has 0 saturated heterocycles. The molecule has 0 aliphatic heterocycles. The van der Waals surface area contributed by atoms with Crippen molar-refractivity contribution in [3.05, 3.63) is 11.9 Å². The molecule has 3 heteroatoms. The third-order valence-electron chi connectivity index (χ3n) is 3.55. The van der Waals surface area contributed by atoms with Crippen LogP contribution in [0, 0.1) is 24.7 Å². The van der Waals surface area contributed by atoms with E-state index in [1.54, 1.807) is 0 Å². The molecule has 0 spiro atoms. The molecule has 18 heavy (non-hydrogen) atoms. The summed E-state index contributed by atoms with van der Waals surface area (Å²) in [5.41, 5.74) is 1.10. The summed E-state index contributed by atoms with van der Waals surface area (Å²) in [4.78, 5) is 4.57. The van der Waals surface area contributed by atoms with Crippen LogP contribution in [0.25, 0.3) is 0 Å². The van der Waals surface area contributed by atoms with E-state index in [0.717, 1.165) is 31.2 Å². The van der Waals surface area contributed by atoms with Crippen molar-refractivity contribution in [3.63, 3.8) is 0 Å². The third-order valence-corrected chi connectivity index (χ3v) is 3.55. The van der Waals surface area contributed by atoms with Crippen LogP contribution in [-0.2, 0) is 6.54 Å². The van der Waals surface area contributed by atoms with Crippen molar-refractivity contribution < 1.29 is 0 Å². The Bertz CT molecular complexity index is 345. The molecule has 3 nitrogen and oxygen atoms in total. The van der Waals surface area contributed by atoms with Gasteiger partial charge in [-0.05, 0) is 31.1 Å². The second-order valence-corrected chi connectivity index (χ2v) is 5.94. The largest absolute Gasteiger partial charge is 0.356 e. The average molecular weight is 251 g/mol. The van der Waals surface area contributed by atoms with Crippen LogP contribution in [0.15, 0.2) is 6.20 Å². The van der Waals surface area contributed by atoms with E-state index in [1.807, 2.05) is 0 Å². The Morgan fingerprint density at radius 3 is 2.33 bits per heavy atom. The first-order chi connectivity index (χ1) is 8.45. The molecule has 0 unspecified atom stereocenters. The molecule has 1 heterocycles. The molecule has 0 amide bonds. The van der Waals surface area contributed by atoms with E-state index < -0.39 is 0 Å². The van der Waals surface area contributed by atoms with Crippen LogP contribution in [-0.4, -0.2) is 16.1 Å². The Hall–Kier alpha value is -0.990. The molecule has 0 bridgehead atoms. The summed E-state index contributed by atoms with van der Waals surface area (Å²) in [6, 6.07) is 0. The van der Waals surface area contributed by atoms with E-state index in [1.165, 1.54) is 0 Å². The summed E-state index contributed by atoms with van der Waals surface area (Å²) in [6.45, 7) is 15.5. The smallest absolute Gasteiger partial charge is 0.203 e. The number of hydrogen-bond donors (Lipinski definition) is 1. The van der Waals surface area contributed by atoms with Gasteiger partial charge in [-0.1, -0.05) is 34.6 Å². The van der Waals surface area contributed by atoms with Gasteiger partial charge in [-0.2, -0.15) is 0 Å². The van der Waals surface area contributed by atoms with Crippen molar-refractivity contribution in [2.75, 3.05) is 11.9 Å². The zero-order valence-corrected chi connectivity index (χ0v) is 12.8. The molecule has 1 N–H and O–H groups in total. The van der Waals surface area contributed by atoms with E-state index in [9.17, 15) is 0 Å². The number of rotatable bonds is 7. The number of aryl methyl sites for hydroxylation is 1. The van der Waals surface area contributed by atoms with E-state index in [2.05, 4.69) is 62.6 Å². The standard InChI is InChI=1S/C15H29N3/c1-7-8-16-15-17-13(6)9-18(15)10-14(11(2)3)12(4)5/h9,11-12,14H,7-8,10H2,1-6H3,(H,16,17). The van der Waals surface area contributed by atoms with Gasteiger partial charge in [-0.3, -0.25) is 0 Å². The number of hydrogen-bond acceptors (Lipinski definition) is 2. The molecule has 0 aliphatic carbocycles. The van der Waals surface area contributed by atoms with Crippen LogP contribution >= 0.6 is 0 Å². The Balaban J connectivity index is 2.81. The van der Waals surface area contributed by atoms with Gasteiger partial charge in [-0.15, -0.1) is 0 Å². The molecule has 0 fully saturated rings. The summed E-state index contributed by atoms with van der Waals surface area (Å²) < 4.78 is 2.29. The van der Waals surface area contributed by atoms with E-state index >= 15 is 0 Å². The molecule has 1 aromatic rings. The maximum absolute atomic E-state index is 4.57. The van der Waals surface area contributed by atoms with Crippen LogP contribution in [0.1, 0.15) is 46.7 Å². The minimum atomic E-state index is 0.695. The van der Waals surface area contributed by atoms with Gasteiger partial charge >= 0.3 is 0 Å². The Morgan fingerprint density at radius 2 is 1.83 bits per heavy atom. The summed E-state index contributed by atoms with van der Waals surface area (Å²) >= 11 is 0. The van der Waals surface area contributed by atoms with E-state index in [0.29, 0.717) is 17.8 Å². The molecule has 0 saturated carbocycles. The average Bonchev–Trinajstić information content (AvgIpc) is 2.62. The molecule has 0 atom stereocenters. The second-order valence-electron chi connectivity index (χ2n) is 5.94. The van der Waals surface area contributed by atoms with Gasteiger partial charge < -0.3 is 9.88 Å². The first-order valence-electron chi connectivity index (χ1n) is 7.23. The molecular formula is C15H29N3. The molecule has 0 aromatic carbocycles. The lowest BCUT2D eigenvalue weighted by Gasteiger charge is -2.26. The van der Waals surface area contributed by atoms with Crippen LogP contribution in [0.5, 0.6) is 0 Å². The molecule has 1 rings (SSSR count). The SMILES string of the molecule is CCCNc1nc(C)cn1CC(C(C)C)C(C)C. The lowest BCUT2D eigenvalue weighted by molar-refractivity contribution is 0.253. The fourth-order valence-electron chi connectivity index (χ4n) is 2.48. The van der Waals surface area contributed by atoms with E-state index in [-0.39, 0.29) is 0 Å². The van der Waals surface area contributed by atoms with Gasteiger partial charge in [-0.25, -0.2) is 4.98 Å². The number of nitrogens with one attached hydrogen (secondary N) is 1. The quantitative estimate of drug-likeness (QED) is 0.795. The van der Waals surface area contributed by atoms with Crippen LogP contribution in [0.2, 0.25) is 0 Å². The van der Waals surface area contributed by atoms with Gasteiger partial charge in [0, 0.05) is 19.3 Å². The van der Waals surface area contributed by atoms with Crippen molar-refractivity contribution in [1.29, 1.82) is 0 Å². The molecule has 0 radical (unpaired) electrons. The molecule has 104 valence electrons. The highest BCUT2D eigenvalue weighted by molar-refractivity contribution is 5.28. The fraction of sp³-hybridized carbons (Fsp3) is 0.800. The lowest BCUT2D eigenvalue weighted by atomic mass is 9.85. The zero-order chi connectivity index (χ0) is 13.7. The summed E-state index contributed by atoms with van der Waals surface area (Å²) in [7, 11) is 0. The van der Waals surface area contributed by atoms with Gasteiger partial charge in [0.05, 0.1) is 5.69 Å². The number of aromatic nitrogens is 2. The first kappa shape index (κ1) is 15.1. The Morgan fingerprint density at radius 1 is 1.22 bits per heavy atom. The van der Waals surface area contributed by atoms with Crippen LogP contribution in [0.4, 0.5) is 5.95 Å². The first-order valence-corrected chi connectivity index (χ1v) is 7.23. The highest BCUT2D eigenvalue weighted by Crippen LogP contribution is 2.24. The Kier molecular flexibility index (Phi) is 5.70. The maximum atomic E-state index is 4.57. The molecule has 0 aliphatic rings. The van der Waals surface area contributed by atoms with Gasteiger partial charge in [0.2, 0.25) is 5.95 Å². The number of anilines is 1. The monoisotopic (exact) mass is 251 g/mol. The number of imidazole rings is 1. The van der Waals surface area contributed by atoms with Gasteiger partial charge in [0.25, 0.3) is 0 Å². The van der Waals surface area contributed by atoms with Crippen molar-refractivity contribution in [1.82, 2.24) is 9.55 Å². The fourth-order valence-corrected chi connectivity index (χ4v) is 2.48. The summed E-state index contributed by atoms with van der Waals surface area (Å²) in [5.74, 6) is 3.12. The molecule has 1 aromatic heterocycles. The van der Waals surface area contributed by atoms with Crippen LogP contribution < -0.4 is 5.32 Å². The van der Waals surface area contributed by atoms with Crippen LogP contribution in [0.3, 0.4) is 0 Å². The molecular weight excluding hydrogens is 222 g/mol. The predicted octanol–water partition coefficient (Wildman–Crippen LogP) is 3.94. The van der Waals surface area contributed by atoms with Crippen molar-refractivity contribution >= 4 is 5.95 Å². The topological polar surface area (TPSA) is 29.9 Å². The van der Waals surface area contributed by atoms with Gasteiger partial charge in [0.1, 0.15) is 0 Å². The highest BCUT2D eigenvalue weighted by Gasteiger charge is 2.19. The van der Waals surface area contributed by atoms with Gasteiger partial charge in [0.15, 0.2) is 0 Å². The van der Waals surface area contributed by atoms with E-state index in [4.69, 9.17) is 0 Å². The third kappa shape index (κ3) is 4.04. The maximum Gasteiger partial charge on any atom is 0.203 e. The van der Waals surface area contributed by atoms with Crippen molar-refractivity contribution in [3.8, 4) is 0 Å². The van der Waals surface area contributed by atoms with Crippen molar-refractivity contribution in [2.24, 2.45) is 17.8 Å². The Labute approximate surface area is 112 Å². The lowest BCUT2D eigenvalue weighted by Crippen LogP contribution is -2.22.